The lowest BCUT2D eigenvalue weighted by Gasteiger charge is -2.27. The van der Waals surface area contributed by atoms with Crippen molar-refractivity contribution in [3.8, 4) is 0 Å². The second-order valence-electron chi connectivity index (χ2n) is 12.7. The molecule has 2 heterocycles. The summed E-state index contributed by atoms with van der Waals surface area (Å²) in [6.45, 7) is 0.0720. The van der Waals surface area contributed by atoms with Crippen molar-refractivity contribution in [2.75, 3.05) is 19.6 Å². The third kappa shape index (κ3) is 22.2. The number of carbonyl (C=O) groups excluding carboxylic acids is 2. The van der Waals surface area contributed by atoms with Crippen LogP contribution in [0.3, 0.4) is 0 Å². The van der Waals surface area contributed by atoms with E-state index in [4.69, 9.17) is 5.11 Å². The van der Waals surface area contributed by atoms with Gasteiger partial charge in [0.1, 0.15) is 6.54 Å². The number of hydrogen-bond acceptors (Lipinski definition) is 11. The number of nitrogens with zero attached hydrogens (tertiary/aromatic N) is 1. The Morgan fingerprint density at radius 2 is 1.10 bits per heavy atom. The Hall–Kier alpha value is -0.550. The lowest BCUT2D eigenvalue weighted by atomic mass is 10.0. The summed E-state index contributed by atoms with van der Waals surface area (Å²) in [5.41, 5.74) is 0. The third-order valence-corrected chi connectivity index (χ3v) is 22.3. The normalized spacial score (nSPS) is 15.9. The average molecular weight is 803 g/mol. The van der Waals surface area contributed by atoms with Crippen molar-refractivity contribution in [1.29, 1.82) is 0 Å². The average Bonchev–Trinajstić information content (AvgIpc) is 3.82. The highest BCUT2D eigenvalue weighted by Gasteiger charge is 2.53. The summed E-state index contributed by atoms with van der Waals surface area (Å²) in [7, 11) is 10.4. The van der Waals surface area contributed by atoms with Crippen LogP contribution in [-0.2, 0) is 24.0 Å². The highest BCUT2D eigenvalue weighted by molar-refractivity contribution is 9.14. The van der Waals surface area contributed by atoms with E-state index in [0.717, 1.165) is 38.5 Å². The summed E-state index contributed by atoms with van der Waals surface area (Å²) < 4.78 is 0.136. The Kier molecular flexibility index (Phi) is 24.7. The van der Waals surface area contributed by atoms with Gasteiger partial charge in [-0.2, -0.15) is 0 Å². The minimum absolute atomic E-state index is 0. The van der Waals surface area contributed by atoms with E-state index in [1.165, 1.54) is 62.7 Å². The summed E-state index contributed by atoms with van der Waals surface area (Å²) in [6, 6.07) is 0. The molecule has 2 aliphatic rings. The predicted octanol–water partition coefficient (Wildman–Crippen LogP) is 9.74. The zero-order valence-electron chi connectivity index (χ0n) is 28.6. The van der Waals surface area contributed by atoms with E-state index in [9.17, 15) is 34.2 Å². The number of hydrogen-bond donors (Lipinski definition) is 4. The molecule has 1 spiro atoms. The van der Waals surface area contributed by atoms with Gasteiger partial charge in [-0.3, -0.25) is 24.0 Å². The summed E-state index contributed by atoms with van der Waals surface area (Å²) in [4.78, 5) is 60.1. The lowest BCUT2D eigenvalue weighted by molar-refractivity contribution is -0.145. The molecule has 0 aliphatic carbocycles. The van der Waals surface area contributed by atoms with Gasteiger partial charge >= 0.3 is 17.9 Å². The molecule has 4 N–H and O–H groups in total. The number of rotatable bonds is 31. The summed E-state index contributed by atoms with van der Waals surface area (Å²) in [6.07, 6.45) is 20.5. The van der Waals surface area contributed by atoms with Crippen molar-refractivity contribution in [3.63, 3.8) is 0 Å². The van der Waals surface area contributed by atoms with E-state index in [1.807, 2.05) is 21.6 Å². The molecule has 0 radical (unpaired) electrons. The number of carboxylic acid groups (broad SMARTS) is 3. The van der Waals surface area contributed by atoms with Crippen molar-refractivity contribution >= 4 is 94.5 Å². The van der Waals surface area contributed by atoms with Gasteiger partial charge in [-0.05, 0) is 47.3 Å². The first-order valence-corrected chi connectivity index (χ1v) is 24.5. The highest BCUT2D eigenvalue weighted by Crippen LogP contribution is 2.84. The first-order chi connectivity index (χ1) is 23.6. The van der Waals surface area contributed by atoms with Gasteiger partial charge in [0.2, 0.25) is 11.8 Å². The number of amides is 2. The van der Waals surface area contributed by atoms with E-state index in [2.05, 4.69) is 5.32 Å². The van der Waals surface area contributed by atoms with Gasteiger partial charge in [0, 0.05) is 33.8 Å². The topological polar surface area (TPSA) is 161 Å². The molecule has 0 aromatic heterocycles. The summed E-state index contributed by atoms with van der Waals surface area (Å²) in [5.74, 6) is -3.48. The van der Waals surface area contributed by atoms with Crippen molar-refractivity contribution in [3.05, 3.63) is 0 Å². The molecule has 2 rings (SSSR count). The quantitative estimate of drug-likeness (QED) is 0.0298. The minimum atomic E-state index is -1.09. The van der Waals surface area contributed by atoms with E-state index in [-0.39, 0.29) is 46.4 Å². The molecule has 2 aliphatic heterocycles. The number of carbonyl (C=O) groups is 5. The van der Waals surface area contributed by atoms with Gasteiger partial charge in [0.05, 0.1) is 10.5 Å². The fourth-order valence-electron chi connectivity index (χ4n) is 5.52. The number of nitrogens with one attached hydrogen (secondary N) is 1. The van der Waals surface area contributed by atoms with E-state index >= 15 is 0 Å². The summed E-state index contributed by atoms with van der Waals surface area (Å²) in [5, 5.41) is 30.5. The zero-order valence-corrected chi connectivity index (χ0v) is 33.5. The predicted molar refractivity (Wildman–Crippen MR) is 212 cm³/mol. The molecular formula is C33H58N2O8S6. The van der Waals surface area contributed by atoms with E-state index in [1.54, 1.807) is 43.2 Å². The molecule has 16 heteroatoms. The van der Waals surface area contributed by atoms with Crippen LogP contribution < -0.4 is 5.32 Å². The maximum absolute atomic E-state index is 12.7. The standard InChI is InChI=1S/C33H56N2O8S6.H2/c36-27(34-23-18-17-19-26(31(42)43)32-44-46-33(47-45-32)48-49-33)22-24-35(25-30(40)41)28(37)20-15-13-11-9-7-5-3-1-2-4-6-8-10-12-14-16-21-29(38)39;/h26,32H,1-25H2,(H,34,36)(H,38,39)(H,40,41)(H,42,43);1H/t26-;/m0./s1. The smallest absolute Gasteiger partial charge is 0.323 e. The molecule has 0 saturated carbocycles. The largest absolute Gasteiger partial charge is 0.481 e. The molecular weight excluding hydrogens is 745 g/mol. The van der Waals surface area contributed by atoms with Crippen LogP contribution in [0.1, 0.15) is 143 Å². The Morgan fingerprint density at radius 1 is 0.612 bits per heavy atom. The van der Waals surface area contributed by atoms with Gasteiger partial charge in [-0.1, -0.05) is 139 Å². The second kappa shape index (κ2) is 27.1. The molecule has 0 aromatic carbocycles. The molecule has 0 aromatic rings. The Morgan fingerprint density at radius 3 is 1.55 bits per heavy atom. The Balaban J connectivity index is 0.0000125. The molecule has 49 heavy (non-hydrogen) atoms. The van der Waals surface area contributed by atoms with Gasteiger partial charge < -0.3 is 25.5 Å². The van der Waals surface area contributed by atoms with Crippen molar-refractivity contribution in [1.82, 2.24) is 10.2 Å². The maximum atomic E-state index is 12.7. The Labute approximate surface area is 317 Å². The van der Waals surface area contributed by atoms with Crippen LogP contribution in [0.5, 0.6) is 0 Å². The van der Waals surface area contributed by atoms with Gasteiger partial charge in [-0.25, -0.2) is 0 Å². The second-order valence-corrected chi connectivity index (χ2v) is 22.2. The van der Waals surface area contributed by atoms with Crippen LogP contribution in [0.2, 0.25) is 0 Å². The minimum Gasteiger partial charge on any atom is -0.481 e. The molecule has 2 saturated heterocycles. The monoisotopic (exact) mass is 802 g/mol. The van der Waals surface area contributed by atoms with Crippen molar-refractivity contribution < 1.29 is 40.7 Å². The molecule has 284 valence electrons. The fourth-order valence-corrected chi connectivity index (χ4v) is 19.4. The number of aliphatic carboxylic acids is 3. The van der Waals surface area contributed by atoms with Crippen LogP contribution in [0.15, 0.2) is 0 Å². The van der Waals surface area contributed by atoms with Crippen LogP contribution >= 0.6 is 64.8 Å². The molecule has 0 unspecified atom stereocenters. The number of carboxylic acids is 3. The van der Waals surface area contributed by atoms with Crippen LogP contribution in [0.4, 0.5) is 0 Å². The Bertz CT molecular complexity index is 1000. The van der Waals surface area contributed by atoms with E-state index in [0.29, 0.717) is 32.2 Å². The molecule has 2 fully saturated rings. The third-order valence-electron chi connectivity index (χ3n) is 8.44. The van der Waals surface area contributed by atoms with Gasteiger partial charge in [0.15, 0.2) is 2.74 Å². The van der Waals surface area contributed by atoms with Gasteiger partial charge in [0.25, 0.3) is 0 Å². The fraction of sp³-hybridized carbons (Fsp3) is 0.848. The SMILES string of the molecule is O=C(O)CCCCCCCCCCCCCCCCCCC(=O)N(CCC(=O)NCCCC[C@@H](C(=O)O)C1SSC2(SS1)SS2)CC(=O)O.[HH]. The first-order valence-electron chi connectivity index (χ1n) is 17.9. The number of unbranched alkanes of at least 4 members (excludes halogenated alkanes) is 16. The zero-order chi connectivity index (χ0) is 35.7. The maximum Gasteiger partial charge on any atom is 0.323 e. The highest BCUT2D eigenvalue weighted by atomic mass is 33.2. The first kappa shape index (κ1) is 44.6. The molecule has 0 bridgehead atoms. The molecule has 2 amide bonds. The van der Waals surface area contributed by atoms with E-state index < -0.39 is 30.4 Å². The van der Waals surface area contributed by atoms with Crippen molar-refractivity contribution in [2.24, 2.45) is 5.92 Å². The van der Waals surface area contributed by atoms with Crippen LogP contribution in [0.25, 0.3) is 0 Å². The van der Waals surface area contributed by atoms with Crippen LogP contribution in [0, 0.1) is 5.92 Å². The van der Waals surface area contributed by atoms with Crippen molar-refractivity contribution in [2.45, 2.75) is 149 Å². The van der Waals surface area contributed by atoms with Crippen LogP contribution in [-0.4, -0.2) is 76.9 Å². The molecule has 1 atom stereocenters. The lowest BCUT2D eigenvalue weighted by Crippen LogP contribution is -2.38. The van der Waals surface area contributed by atoms with Gasteiger partial charge in [-0.15, -0.1) is 0 Å². The summed E-state index contributed by atoms with van der Waals surface area (Å²) >= 11 is 0. The molecule has 10 nitrogen and oxygen atoms in total.